The Hall–Kier alpha value is 0.137. The summed E-state index contributed by atoms with van der Waals surface area (Å²) in [5.74, 6) is 0. The second-order valence-corrected chi connectivity index (χ2v) is 5.92. The van der Waals surface area contributed by atoms with E-state index in [4.69, 9.17) is 4.43 Å². The maximum Gasteiger partial charge on any atom is 0.161 e. The van der Waals surface area contributed by atoms with Gasteiger partial charge in [0.1, 0.15) is 0 Å². The molecule has 0 amide bonds. The largest absolute Gasteiger partial charge is 0.422 e. The van der Waals surface area contributed by atoms with Gasteiger partial charge in [0.15, 0.2) is 9.76 Å². The molecule has 0 rings (SSSR count). The Bertz CT molecular complexity index is 125. The number of nitrogens with zero attached hydrogens (tertiary/aromatic N) is 1. The topological polar surface area (TPSA) is 12.5 Å². The molecular weight excluding hydrogens is 202 g/mol. The lowest BCUT2D eigenvalue weighted by molar-refractivity contribution is 0.249. The summed E-state index contributed by atoms with van der Waals surface area (Å²) in [6, 6.07) is 1.34. The third-order valence-electron chi connectivity index (χ3n) is 2.40. The second kappa shape index (κ2) is 10.6. The molecule has 0 bridgehead atoms. The SMILES string of the molecule is CCCN(CCC)CCC[SiH2]OC(C)C. The molecule has 0 saturated heterocycles. The summed E-state index contributed by atoms with van der Waals surface area (Å²) in [6.07, 6.45) is 4.33. The van der Waals surface area contributed by atoms with Gasteiger partial charge in [0, 0.05) is 6.10 Å². The van der Waals surface area contributed by atoms with Crippen LogP contribution in [-0.4, -0.2) is 40.4 Å². The summed E-state index contributed by atoms with van der Waals surface area (Å²) < 4.78 is 5.66. The number of hydrogen-bond acceptors (Lipinski definition) is 2. The highest BCUT2D eigenvalue weighted by Crippen LogP contribution is 2.00. The molecule has 0 radical (unpaired) electrons. The lowest BCUT2D eigenvalue weighted by Crippen LogP contribution is -2.26. The fourth-order valence-corrected chi connectivity index (χ4v) is 2.79. The van der Waals surface area contributed by atoms with Crippen LogP contribution in [-0.2, 0) is 4.43 Å². The van der Waals surface area contributed by atoms with Crippen molar-refractivity contribution in [2.75, 3.05) is 19.6 Å². The lowest BCUT2D eigenvalue weighted by Gasteiger charge is -2.20. The molecule has 0 aromatic rings. The minimum atomic E-state index is -0.234. The van der Waals surface area contributed by atoms with Crippen LogP contribution in [0.2, 0.25) is 6.04 Å². The van der Waals surface area contributed by atoms with E-state index >= 15 is 0 Å². The summed E-state index contributed by atoms with van der Waals surface area (Å²) in [4.78, 5) is 2.59. The highest BCUT2D eigenvalue weighted by molar-refractivity contribution is 6.27. The van der Waals surface area contributed by atoms with Crippen LogP contribution >= 0.6 is 0 Å². The zero-order valence-electron chi connectivity index (χ0n) is 11.1. The molecule has 0 saturated carbocycles. The van der Waals surface area contributed by atoms with Crippen LogP contribution in [0.25, 0.3) is 0 Å². The molecule has 0 N–H and O–H groups in total. The fourth-order valence-electron chi connectivity index (χ4n) is 1.72. The zero-order valence-corrected chi connectivity index (χ0v) is 12.5. The van der Waals surface area contributed by atoms with Crippen molar-refractivity contribution >= 4 is 9.76 Å². The van der Waals surface area contributed by atoms with Gasteiger partial charge in [0.25, 0.3) is 0 Å². The molecule has 0 aliphatic carbocycles. The van der Waals surface area contributed by atoms with Gasteiger partial charge in [-0.15, -0.1) is 0 Å². The minimum absolute atomic E-state index is 0.234. The maximum atomic E-state index is 5.66. The molecule has 0 unspecified atom stereocenters. The van der Waals surface area contributed by atoms with Crippen molar-refractivity contribution < 1.29 is 4.43 Å². The molecule has 0 fully saturated rings. The Balaban J connectivity index is 3.36. The standard InChI is InChI=1S/C12H29NOSi/c1-5-8-13(9-6-2)10-7-11-15-14-12(3)4/h12H,5-11,15H2,1-4H3. The van der Waals surface area contributed by atoms with Gasteiger partial charge in [-0.2, -0.15) is 0 Å². The molecule has 0 aliphatic rings. The smallest absolute Gasteiger partial charge is 0.161 e. The van der Waals surface area contributed by atoms with Crippen LogP contribution < -0.4 is 0 Å². The zero-order chi connectivity index (χ0) is 11.5. The molecule has 0 aromatic heterocycles. The van der Waals surface area contributed by atoms with E-state index in [0.29, 0.717) is 6.10 Å². The van der Waals surface area contributed by atoms with Gasteiger partial charge >= 0.3 is 0 Å². The molecule has 15 heavy (non-hydrogen) atoms. The van der Waals surface area contributed by atoms with E-state index in [1.165, 1.54) is 44.9 Å². The second-order valence-electron chi connectivity index (χ2n) is 4.47. The number of hydrogen-bond donors (Lipinski definition) is 0. The van der Waals surface area contributed by atoms with E-state index in [0.717, 1.165) is 0 Å². The van der Waals surface area contributed by atoms with Crippen molar-refractivity contribution in [1.82, 2.24) is 4.90 Å². The Morgan fingerprint density at radius 3 is 2.13 bits per heavy atom. The molecule has 0 atom stereocenters. The third kappa shape index (κ3) is 10.4. The van der Waals surface area contributed by atoms with E-state index in [1.807, 2.05) is 0 Å². The molecule has 0 spiro atoms. The molecule has 0 heterocycles. The van der Waals surface area contributed by atoms with Crippen LogP contribution in [0.5, 0.6) is 0 Å². The summed E-state index contributed by atoms with van der Waals surface area (Å²) >= 11 is 0. The van der Waals surface area contributed by atoms with Crippen molar-refractivity contribution in [1.29, 1.82) is 0 Å². The first-order valence-electron chi connectivity index (χ1n) is 6.54. The van der Waals surface area contributed by atoms with E-state index in [-0.39, 0.29) is 9.76 Å². The molecule has 0 aromatic carbocycles. The summed E-state index contributed by atoms with van der Waals surface area (Å²) in [5, 5.41) is 0. The third-order valence-corrected chi connectivity index (χ3v) is 4.09. The van der Waals surface area contributed by atoms with Gasteiger partial charge < -0.3 is 9.33 Å². The van der Waals surface area contributed by atoms with Gasteiger partial charge in [-0.25, -0.2) is 0 Å². The van der Waals surface area contributed by atoms with E-state index in [9.17, 15) is 0 Å². The van der Waals surface area contributed by atoms with Gasteiger partial charge in [-0.1, -0.05) is 13.8 Å². The summed E-state index contributed by atoms with van der Waals surface area (Å²) in [7, 11) is -0.234. The van der Waals surface area contributed by atoms with Crippen molar-refractivity contribution in [3.63, 3.8) is 0 Å². The van der Waals surface area contributed by atoms with Gasteiger partial charge in [0.2, 0.25) is 0 Å². The van der Waals surface area contributed by atoms with Gasteiger partial charge in [-0.3, -0.25) is 0 Å². The number of rotatable bonds is 10. The molecule has 0 aliphatic heterocycles. The molecule has 3 heteroatoms. The highest BCUT2D eigenvalue weighted by Gasteiger charge is 2.02. The predicted octanol–water partition coefficient (Wildman–Crippen LogP) is 2.43. The quantitative estimate of drug-likeness (QED) is 0.423. The molecular formula is C12H29NOSi. The first-order chi connectivity index (χ1) is 7.20. The molecule has 2 nitrogen and oxygen atoms in total. The maximum absolute atomic E-state index is 5.66. The Morgan fingerprint density at radius 2 is 1.67 bits per heavy atom. The van der Waals surface area contributed by atoms with Crippen LogP contribution in [0.15, 0.2) is 0 Å². The summed E-state index contributed by atoms with van der Waals surface area (Å²) in [5.41, 5.74) is 0. The van der Waals surface area contributed by atoms with E-state index in [2.05, 4.69) is 32.6 Å². The van der Waals surface area contributed by atoms with E-state index < -0.39 is 0 Å². The average molecular weight is 231 g/mol. The van der Waals surface area contributed by atoms with Crippen LogP contribution in [0.1, 0.15) is 47.0 Å². The highest BCUT2D eigenvalue weighted by atomic mass is 28.2. The molecule has 92 valence electrons. The Kier molecular flexibility index (Phi) is 10.7. The van der Waals surface area contributed by atoms with Crippen molar-refractivity contribution in [2.24, 2.45) is 0 Å². The fraction of sp³-hybridized carbons (Fsp3) is 1.00. The minimum Gasteiger partial charge on any atom is -0.422 e. The van der Waals surface area contributed by atoms with Crippen LogP contribution in [0, 0.1) is 0 Å². The van der Waals surface area contributed by atoms with E-state index in [1.54, 1.807) is 0 Å². The van der Waals surface area contributed by atoms with Gasteiger partial charge in [-0.05, 0) is 58.8 Å². The Morgan fingerprint density at radius 1 is 1.07 bits per heavy atom. The normalized spacial score (nSPS) is 12.4. The first kappa shape index (κ1) is 15.1. The summed E-state index contributed by atoms with van der Waals surface area (Å²) in [6.45, 7) is 12.6. The van der Waals surface area contributed by atoms with Crippen LogP contribution in [0.3, 0.4) is 0 Å². The average Bonchev–Trinajstić information content (AvgIpc) is 2.17. The van der Waals surface area contributed by atoms with Crippen molar-refractivity contribution in [3.05, 3.63) is 0 Å². The van der Waals surface area contributed by atoms with Gasteiger partial charge in [0.05, 0.1) is 0 Å². The monoisotopic (exact) mass is 231 g/mol. The Labute approximate surface area is 98.3 Å². The van der Waals surface area contributed by atoms with Crippen molar-refractivity contribution in [3.8, 4) is 0 Å². The predicted molar refractivity (Wildman–Crippen MR) is 71.2 cm³/mol. The lowest BCUT2D eigenvalue weighted by atomic mass is 10.3. The first-order valence-corrected chi connectivity index (χ1v) is 8.12. The van der Waals surface area contributed by atoms with Crippen molar-refractivity contribution in [2.45, 2.75) is 59.1 Å². The van der Waals surface area contributed by atoms with Crippen LogP contribution in [0.4, 0.5) is 0 Å².